The van der Waals surface area contributed by atoms with Crippen molar-refractivity contribution in [3.05, 3.63) is 79.0 Å². The molecule has 0 saturated carbocycles. The third kappa shape index (κ3) is 2.21. The normalized spacial score (nSPS) is 10.9. The summed E-state index contributed by atoms with van der Waals surface area (Å²) in [6.07, 6.45) is 1.82. The summed E-state index contributed by atoms with van der Waals surface area (Å²) in [5.41, 5.74) is 3.21. The minimum atomic E-state index is 1.01. The van der Waals surface area contributed by atoms with Crippen molar-refractivity contribution in [1.82, 2.24) is 4.98 Å². The number of nitrogens with one attached hydrogen (secondary N) is 1. The third-order valence-corrected chi connectivity index (χ3v) is 3.67. The van der Waals surface area contributed by atoms with Gasteiger partial charge in [-0.25, -0.2) is 0 Å². The molecule has 21 heavy (non-hydrogen) atoms. The van der Waals surface area contributed by atoms with Crippen LogP contribution >= 0.6 is 0 Å². The molecule has 0 amide bonds. The highest BCUT2D eigenvalue weighted by molar-refractivity contribution is 5.96. The number of rotatable bonds is 2. The summed E-state index contributed by atoms with van der Waals surface area (Å²) in [5.74, 6) is 0. The first-order valence-electron chi connectivity index (χ1n) is 7.00. The number of benzene rings is 3. The lowest BCUT2D eigenvalue weighted by Crippen LogP contribution is -1.91. The van der Waals surface area contributed by atoms with Crippen LogP contribution in [0.5, 0.6) is 0 Å². The minimum Gasteiger partial charge on any atom is -0.355 e. The van der Waals surface area contributed by atoms with E-state index in [4.69, 9.17) is 0 Å². The number of nitrogens with zero attached hydrogens (tertiary/aromatic N) is 1. The number of fused-ring (bicyclic) bond motifs is 2. The van der Waals surface area contributed by atoms with Gasteiger partial charge in [-0.2, -0.15) is 0 Å². The first-order valence-corrected chi connectivity index (χ1v) is 7.00. The van der Waals surface area contributed by atoms with Crippen LogP contribution in [0.15, 0.2) is 79.0 Å². The van der Waals surface area contributed by atoms with E-state index in [0.717, 1.165) is 22.3 Å². The second kappa shape index (κ2) is 4.91. The maximum atomic E-state index is 4.35. The predicted octanol–water partition coefficient (Wildman–Crippen LogP) is 5.13. The van der Waals surface area contributed by atoms with E-state index in [1.165, 1.54) is 10.8 Å². The Bertz CT molecular complexity index is 923. The Kier molecular flexibility index (Phi) is 2.79. The SMILES string of the molecule is c1cnc2ccc(Nc3cccc4ccccc34)cc2c1. The summed E-state index contributed by atoms with van der Waals surface area (Å²) >= 11 is 0. The van der Waals surface area contributed by atoms with Crippen LogP contribution in [0.25, 0.3) is 21.7 Å². The molecule has 4 rings (SSSR count). The van der Waals surface area contributed by atoms with Gasteiger partial charge in [-0.1, -0.05) is 42.5 Å². The van der Waals surface area contributed by atoms with Gasteiger partial charge >= 0.3 is 0 Å². The highest BCUT2D eigenvalue weighted by Crippen LogP contribution is 2.27. The molecule has 0 fully saturated rings. The van der Waals surface area contributed by atoms with Gasteiger partial charge in [-0.05, 0) is 35.7 Å². The van der Waals surface area contributed by atoms with E-state index < -0.39 is 0 Å². The van der Waals surface area contributed by atoms with Crippen LogP contribution in [0.4, 0.5) is 11.4 Å². The smallest absolute Gasteiger partial charge is 0.0703 e. The first kappa shape index (κ1) is 11.9. The minimum absolute atomic E-state index is 1.01. The van der Waals surface area contributed by atoms with E-state index in [9.17, 15) is 0 Å². The quantitative estimate of drug-likeness (QED) is 0.546. The average molecular weight is 270 g/mol. The van der Waals surface area contributed by atoms with Gasteiger partial charge in [-0.15, -0.1) is 0 Å². The summed E-state index contributed by atoms with van der Waals surface area (Å²) in [6, 6.07) is 25.0. The highest BCUT2D eigenvalue weighted by Gasteiger charge is 2.01. The van der Waals surface area contributed by atoms with Gasteiger partial charge in [0, 0.05) is 28.3 Å². The van der Waals surface area contributed by atoms with E-state index in [2.05, 4.69) is 71.0 Å². The van der Waals surface area contributed by atoms with Gasteiger partial charge in [0.15, 0.2) is 0 Å². The fourth-order valence-electron chi connectivity index (χ4n) is 2.64. The van der Waals surface area contributed by atoms with Gasteiger partial charge < -0.3 is 5.32 Å². The number of hydrogen-bond donors (Lipinski definition) is 1. The molecule has 0 aliphatic rings. The number of pyridine rings is 1. The van der Waals surface area contributed by atoms with Crippen LogP contribution in [0.2, 0.25) is 0 Å². The first-order chi connectivity index (χ1) is 10.4. The third-order valence-electron chi connectivity index (χ3n) is 3.67. The fourth-order valence-corrected chi connectivity index (χ4v) is 2.64. The topological polar surface area (TPSA) is 24.9 Å². The number of aromatic nitrogens is 1. The van der Waals surface area contributed by atoms with Crippen molar-refractivity contribution in [3.8, 4) is 0 Å². The van der Waals surface area contributed by atoms with Crippen molar-refractivity contribution in [2.45, 2.75) is 0 Å². The molecular formula is C19H14N2. The monoisotopic (exact) mass is 270 g/mol. The zero-order valence-corrected chi connectivity index (χ0v) is 11.5. The van der Waals surface area contributed by atoms with Crippen LogP contribution in [-0.4, -0.2) is 4.98 Å². The lowest BCUT2D eigenvalue weighted by Gasteiger charge is -2.10. The maximum Gasteiger partial charge on any atom is 0.0703 e. The zero-order valence-electron chi connectivity index (χ0n) is 11.5. The molecule has 100 valence electrons. The van der Waals surface area contributed by atoms with Crippen molar-refractivity contribution >= 4 is 33.1 Å². The Morgan fingerprint density at radius 2 is 1.57 bits per heavy atom. The van der Waals surface area contributed by atoms with Crippen LogP contribution in [0.1, 0.15) is 0 Å². The predicted molar refractivity (Wildman–Crippen MR) is 89.0 cm³/mol. The van der Waals surface area contributed by atoms with Crippen LogP contribution in [-0.2, 0) is 0 Å². The lowest BCUT2D eigenvalue weighted by molar-refractivity contribution is 1.41. The van der Waals surface area contributed by atoms with E-state index in [1.807, 2.05) is 18.3 Å². The molecule has 0 saturated heterocycles. The second-order valence-corrected chi connectivity index (χ2v) is 5.06. The molecule has 2 heteroatoms. The summed E-state index contributed by atoms with van der Waals surface area (Å²) < 4.78 is 0. The largest absolute Gasteiger partial charge is 0.355 e. The molecule has 1 aromatic heterocycles. The summed E-state index contributed by atoms with van der Waals surface area (Å²) in [4.78, 5) is 4.35. The Morgan fingerprint density at radius 3 is 2.57 bits per heavy atom. The van der Waals surface area contributed by atoms with Gasteiger partial charge in [0.2, 0.25) is 0 Å². The molecule has 0 bridgehead atoms. The molecule has 4 aromatic rings. The molecule has 0 aliphatic heterocycles. The lowest BCUT2D eigenvalue weighted by atomic mass is 10.1. The molecule has 3 aromatic carbocycles. The summed E-state index contributed by atoms with van der Waals surface area (Å²) in [7, 11) is 0. The Morgan fingerprint density at radius 1 is 0.714 bits per heavy atom. The van der Waals surface area contributed by atoms with Crippen LogP contribution < -0.4 is 5.32 Å². The van der Waals surface area contributed by atoms with Crippen molar-refractivity contribution in [2.24, 2.45) is 0 Å². The Hall–Kier alpha value is -2.87. The maximum absolute atomic E-state index is 4.35. The Labute approximate surface area is 123 Å². The van der Waals surface area contributed by atoms with Gasteiger partial charge in [-0.3, -0.25) is 4.98 Å². The molecule has 0 unspecified atom stereocenters. The molecule has 2 nitrogen and oxygen atoms in total. The van der Waals surface area contributed by atoms with Crippen LogP contribution in [0.3, 0.4) is 0 Å². The zero-order chi connectivity index (χ0) is 14.1. The summed E-state index contributed by atoms with van der Waals surface area (Å²) in [5, 5.41) is 7.12. The van der Waals surface area contributed by atoms with E-state index in [0.29, 0.717) is 0 Å². The molecule has 1 N–H and O–H groups in total. The van der Waals surface area contributed by atoms with Crippen molar-refractivity contribution in [1.29, 1.82) is 0 Å². The summed E-state index contributed by atoms with van der Waals surface area (Å²) in [6.45, 7) is 0. The number of anilines is 2. The van der Waals surface area contributed by atoms with E-state index >= 15 is 0 Å². The standard InChI is InChI=1S/C19H14N2/c1-2-8-17-14(5-1)6-3-9-19(17)21-16-10-11-18-15(13-16)7-4-12-20-18/h1-13,21H. The molecule has 0 aliphatic carbocycles. The van der Waals surface area contributed by atoms with E-state index in [-0.39, 0.29) is 0 Å². The highest BCUT2D eigenvalue weighted by atomic mass is 14.9. The molecule has 0 spiro atoms. The van der Waals surface area contributed by atoms with Crippen molar-refractivity contribution in [2.75, 3.05) is 5.32 Å². The van der Waals surface area contributed by atoms with Gasteiger partial charge in [0.25, 0.3) is 0 Å². The average Bonchev–Trinajstić information content (AvgIpc) is 2.55. The van der Waals surface area contributed by atoms with E-state index in [1.54, 1.807) is 0 Å². The van der Waals surface area contributed by atoms with Gasteiger partial charge in [0.05, 0.1) is 5.52 Å². The van der Waals surface area contributed by atoms with Crippen molar-refractivity contribution < 1.29 is 0 Å². The number of hydrogen-bond acceptors (Lipinski definition) is 2. The van der Waals surface area contributed by atoms with Crippen LogP contribution in [0, 0.1) is 0 Å². The molecule has 0 atom stereocenters. The van der Waals surface area contributed by atoms with Crippen molar-refractivity contribution in [3.63, 3.8) is 0 Å². The van der Waals surface area contributed by atoms with Gasteiger partial charge in [0.1, 0.15) is 0 Å². The Balaban J connectivity index is 1.79. The second-order valence-electron chi connectivity index (χ2n) is 5.06. The fraction of sp³-hybridized carbons (Fsp3) is 0. The molecule has 0 radical (unpaired) electrons. The molecular weight excluding hydrogens is 256 g/mol. The molecule has 1 heterocycles.